The van der Waals surface area contributed by atoms with Gasteiger partial charge in [-0.1, -0.05) is 0 Å². The Morgan fingerprint density at radius 2 is 2.04 bits per heavy atom. The molecule has 2 aliphatic rings. The summed E-state index contributed by atoms with van der Waals surface area (Å²) in [5.41, 5.74) is 0.352. The smallest absolute Gasteiger partial charge is 0.255 e. The molecule has 1 aromatic rings. The third kappa shape index (κ3) is 4.26. The summed E-state index contributed by atoms with van der Waals surface area (Å²) in [6.45, 7) is 7.02. The summed E-state index contributed by atoms with van der Waals surface area (Å²) in [4.78, 5) is 23.0. The van der Waals surface area contributed by atoms with Gasteiger partial charge in [-0.3, -0.25) is 9.78 Å². The number of nitrogens with zero attached hydrogens (tertiary/aromatic N) is 4. The fraction of sp³-hybridized carbons (Fsp3) is 0.647. The number of piperidine rings is 1. The van der Waals surface area contributed by atoms with Crippen molar-refractivity contribution >= 4 is 5.91 Å². The van der Waals surface area contributed by atoms with Crippen molar-refractivity contribution in [2.24, 2.45) is 5.92 Å². The maximum Gasteiger partial charge on any atom is 0.255 e. The Morgan fingerprint density at radius 1 is 1.26 bits per heavy atom. The van der Waals surface area contributed by atoms with E-state index >= 15 is 0 Å². The second-order valence-corrected chi connectivity index (χ2v) is 6.76. The Labute approximate surface area is 137 Å². The first kappa shape index (κ1) is 16.3. The van der Waals surface area contributed by atoms with Crippen LogP contribution in [0.4, 0.5) is 4.39 Å². The largest absolute Gasteiger partial charge is 0.338 e. The zero-order chi connectivity index (χ0) is 16.2. The minimum atomic E-state index is -0.457. The van der Waals surface area contributed by atoms with Gasteiger partial charge >= 0.3 is 0 Å². The van der Waals surface area contributed by atoms with E-state index in [-0.39, 0.29) is 5.91 Å². The molecular weight excluding hydrogens is 295 g/mol. The fourth-order valence-corrected chi connectivity index (χ4v) is 3.51. The third-order valence-corrected chi connectivity index (χ3v) is 4.87. The average Bonchev–Trinajstić information content (AvgIpc) is 2.56. The molecule has 23 heavy (non-hydrogen) atoms. The summed E-state index contributed by atoms with van der Waals surface area (Å²) in [5, 5.41) is 0. The first-order chi connectivity index (χ1) is 11.1. The number of hydrogen-bond donors (Lipinski definition) is 0. The molecule has 6 heteroatoms. The second-order valence-electron chi connectivity index (χ2n) is 6.76. The molecule has 3 rings (SSSR count). The highest BCUT2D eigenvalue weighted by atomic mass is 19.1. The zero-order valence-corrected chi connectivity index (χ0v) is 13.7. The van der Waals surface area contributed by atoms with E-state index in [1.807, 2.05) is 4.90 Å². The minimum absolute atomic E-state index is 0.0972. The van der Waals surface area contributed by atoms with Crippen LogP contribution in [0.25, 0.3) is 0 Å². The average molecular weight is 320 g/mol. The van der Waals surface area contributed by atoms with Gasteiger partial charge in [0.2, 0.25) is 0 Å². The highest BCUT2D eigenvalue weighted by Crippen LogP contribution is 2.20. The van der Waals surface area contributed by atoms with E-state index in [1.54, 1.807) is 0 Å². The number of carbonyl (C=O) groups is 1. The highest BCUT2D eigenvalue weighted by Gasteiger charge is 2.27. The Morgan fingerprint density at radius 3 is 2.78 bits per heavy atom. The van der Waals surface area contributed by atoms with Crippen LogP contribution in [0.3, 0.4) is 0 Å². The van der Waals surface area contributed by atoms with Crippen LogP contribution in [-0.2, 0) is 0 Å². The number of piperazine rings is 1. The first-order valence-corrected chi connectivity index (χ1v) is 8.42. The first-order valence-electron chi connectivity index (χ1n) is 8.42. The van der Waals surface area contributed by atoms with Gasteiger partial charge in [-0.05, 0) is 31.9 Å². The van der Waals surface area contributed by atoms with Gasteiger partial charge in [-0.2, -0.15) is 0 Å². The van der Waals surface area contributed by atoms with E-state index in [2.05, 4.69) is 21.8 Å². The molecule has 0 aliphatic carbocycles. The number of aromatic nitrogens is 1. The molecule has 2 aliphatic heterocycles. The molecule has 3 heterocycles. The molecule has 0 radical (unpaired) electrons. The zero-order valence-electron chi connectivity index (χ0n) is 13.7. The standard InChI is InChI=1S/C17H25FN4O/c1-20-5-7-21(8-6-20)12-14-3-2-4-22(13-14)17(23)15-9-16(18)11-19-10-15/h9-11,14H,2-8,12-13H2,1H3/t14-/m0/s1. The molecule has 0 unspecified atom stereocenters. The summed E-state index contributed by atoms with van der Waals surface area (Å²) in [7, 11) is 2.16. The Hall–Kier alpha value is -1.53. The topological polar surface area (TPSA) is 39.7 Å². The molecular formula is C17H25FN4O. The van der Waals surface area contributed by atoms with E-state index < -0.39 is 5.82 Å². The van der Waals surface area contributed by atoms with E-state index in [9.17, 15) is 9.18 Å². The van der Waals surface area contributed by atoms with Crippen molar-refractivity contribution in [2.45, 2.75) is 12.8 Å². The molecule has 126 valence electrons. The van der Waals surface area contributed by atoms with Crippen molar-refractivity contribution in [1.82, 2.24) is 19.7 Å². The van der Waals surface area contributed by atoms with Crippen molar-refractivity contribution in [2.75, 3.05) is 52.9 Å². The van der Waals surface area contributed by atoms with Gasteiger partial charge in [0.05, 0.1) is 11.8 Å². The summed E-state index contributed by atoms with van der Waals surface area (Å²) < 4.78 is 13.3. The van der Waals surface area contributed by atoms with Crippen LogP contribution in [0.2, 0.25) is 0 Å². The summed E-state index contributed by atoms with van der Waals surface area (Å²) >= 11 is 0. The van der Waals surface area contributed by atoms with Gasteiger partial charge in [-0.25, -0.2) is 4.39 Å². The van der Waals surface area contributed by atoms with Gasteiger partial charge in [-0.15, -0.1) is 0 Å². The molecule has 1 amide bonds. The number of amides is 1. The van der Waals surface area contributed by atoms with Crippen molar-refractivity contribution in [3.63, 3.8) is 0 Å². The Bertz CT molecular complexity index is 545. The summed E-state index contributed by atoms with van der Waals surface area (Å²) in [5.74, 6) is -0.0421. The third-order valence-electron chi connectivity index (χ3n) is 4.87. The van der Waals surface area contributed by atoms with Crippen LogP contribution >= 0.6 is 0 Å². The number of pyridine rings is 1. The van der Waals surface area contributed by atoms with Gasteiger partial charge < -0.3 is 14.7 Å². The van der Waals surface area contributed by atoms with Gasteiger partial charge in [0.1, 0.15) is 5.82 Å². The Balaban J connectivity index is 1.56. The van der Waals surface area contributed by atoms with Crippen LogP contribution in [-0.4, -0.2) is 78.5 Å². The van der Waals surface area contributed by atoms with Crippen LogP contribution in [0, 0.1) is 11.7 Å². The van der Waals surface area contributed by atoms with E-state index in [0.29, 0.717) is 11.5 Å². The van der Waals surface area contributed by atoms with Crippen LogP contribution in [0.5, 0.6) is 0 Å². The van der Waals surface area contributed by atoms with Crippen molar-refractivity contribution < 1.29 is 9.18 Å². The lowest BCUT2D eigenvalue weighted by molar-refractivity contribution is 0.0608. The predicted octanol–water partition coefficient (Wildman–Crippen LogP) is 1.32. The van der Waals surface area contributed by atoms with Crippen molar-refractivity contribution in [3.8, 4) is 0 Å². The summed E-state index contributed by atoms with van der Waals surface area (Å²) in [6, 6.07) is 1.28. The quantitative estimate of drug-likeness (QED) is 0.842. The lowest BCUT2D eigenvalue weighted by Gasteiger charge is -2.38. The number of likely N-dealkylation sites (tertiary alicyclic amines) is 1. The normalized spacial score (nSPS) is 23.9. The van der Waals surface area contributed by atoms with Gasteiger partial charge in [0, 0.05) is 52.0 Å². The highest BCUT2D eigenvalue weighted by molar-refractivity contribution is 5.93. The molecule has 0 aromatic carbocycles. The molecule has 0 saturated carbocycles. The number of halogens is 1. The molecule has 0 bridgehead atoms. The molecule has 1 atom stereocenters. The molecule has 1 aromatic heterocycles. The monoisotopic (exact) mass is 320 g/mol. The summed E-state index contributed by atoms with van der Waals surface area (Å²) in [6.07, 6.45) is 4.77. The fourth-order valence-electron chi connectivity index (χ4n) is 3.51. The number of hydrogen-bond acceptors (Lipinski definition) is 4. The van der Waals surface area contributed by atoms with Crippen molar-refractivity contribution in [3.05, 3.63) is 29.8 Å². The minimum Gasteiger partial charge on any atom is -0.338 e. The number of likely N-dealkylation sites (N-methyl/N-ethyl adjacent to an activating group) is 1. The molecule has 0 spiro atoms. The lowest BCUT2D eigenvalue weighted by Crippen LogP contribution is -2.49. The predicted molar refractivity (Wildman–Crippen MR) is 86.8 cm³/mol. The second kappa shape index (κ2) is 7.36. The lowest BCUT2D eigenvalue weighted by atomic mass is 9.96. The van der Waals surface area contributed by atoms with Crippen molar-refractivity contribution in [1.29, 1.82) is 0 Å². The molecule has 2 saturated heterocycles. The maximum absolute atomic E-state index is 13.3. The van der Waals surface area contributed by atoms with Crippen LogP contribution in [0.1, 0.15) is 23.2 Å². The number of rotatable bonds is 3. The Kier molecular flexibility index (Phi) is 5.23. The maximum atomic E-state index is 13.3. The van der Waals surface area contributed by atoms with Crippen LogP contribution in [0.15, 0.2) is 18.5 Å². The molecule has 5 nitrogen and oxygen atoms in total. The number of carbonyl (C=O) groups excluding carboxylic acids is 1. The SMILES string of the molecule is CN1CCN(C[C@@H]2CCCN(C(=O)c3cncc(F)c3)C2)CC1. The van der Waals surface area contributed by atoms with E-state index in [1.165, 1.54) is 12.3 Å². The molecule has 0 N–H and O–H groups in total. The molecule has 2 fully saturated rings. The van der Waals surface area contributed by atoms with Gasteiger partial charge in [0.15, 0.2) is 0 Å². The van der Waals surface area contributed by atoms with E-state index in [0.717, 1.165) is 64.9 Å². The van der Waals surface area contributed by atoms with E-state index in [4.69, 9.17) is 0 Å². The van der Waals surface area contributed by atoms with Gasteiger partial charge in [0.25, 0.3) is 5.91 Å². The van der Waals surface area contributed by atoms with Crippen LogP contribution < -0.4 is 0 Å².